The number of pyridine rings is 1. The summed E-state index contributed by atoms with van der Waals surface area (Å²) in [6.45, 7) is 0.816. The summed E-state index contributed by atoms with van der Waals surface area (Å²) in [4.78, 5) is 4.19. The molecule has 1 atom stereocenters. The molecule has 2 N–H and O–H groups in total. The summed E-state index contributed by atoms with van der Waals surface area (Å²) in [5, 5.41) is 0. The molecule has 22 heavy (non-hydrogen) atoms. The van der Waals surface area contributed by atoms with Crippen LogP contribution in [0.15, 0.2) is 30.5 Å². The smallest absolute Gasteiger partial charge is 0.212 e. The van der Waals surface area contributed by atoms with Crippen molar-refractivity contribution in [3.8, 4) is 23.1 Å². The van der Waals surface area contributed by atoms with Crippen LogP contribution in [0.2, 0.25) is 0 Å². The van der Waals surface area contributed by atoms with Crippen molar-refractivity contribution in [3.63, 3.8) is 0 Å². The molecule has 0 saturated heterocycles. The van der Waals surface area contributed by atoms with Crippen molar-refractivity contribution in [2.45, 2.75) is 12.6 Å². The molecule has 6 nitrogen and oxygen atoms in total. The molecule has 1 unspecified atom stereocenters. The van der Waals surface area contributed by atoms with Gasteiger partial charge in [-0.2, -0.15) is 0 Å². The van der Waals surface area contributed by atoms with Crippen molar-refractivity contribution >= 4 is 0 Å². The number of nitrogens with two attached hydrogens (primary N) is 1. The van der Waals surface area contributed by atoms with E-state index in [1.54, 1.807) is 26.5 Å². The summed E-state index contributed by atoms with van der Waals surface area (Å²) in [6, 6.07) is 7.44. The standard InChI is InChI=1S/C16H18N2O4/c1-19-12-5-10(7-17)6-13-16(12)22-14(9-21-13)11-3-4-15(20-2)18-8-11/h3-6,8,14H,7,9,17H2,1-2H3. The molecule has 0 bridgehead atoms. The molecule has 3 rings (SSSR count). The van der Waals surface area contributed by atoms with E-state index in [2.05, 4.69) is 4.98 Å². The Bertz CT molecular complexity index is 641. The average molecular weight is 302 g/mol. The van der Waals surface area contributed by atoms with Crippen LogP contribution in [0, 0.1) is 0 Å². The molecule has 0 fully saturated rings. The van der Waals surface area contributed by atoms with E-state index in [0.717, 1.165) is 11.1 Å². The number of ether oxygens (including phenoxy) is 4. The molecule has 0 saturated carbocycles. The summed E-state index contributed by atoms with van der Waals surface area (Å²) < 4.78 is 22.3. The second-order valence-corrected chi connectivity index (χ2v) is 4.88. The molecular formula is C16H18N2O4. The van der Waals surface area contributed by atoms with Crippen LogP contribution in [0.3, 0.4) is 0 Å². The van der Waals surface area contributed by atoms with E-state index in [9.17, 15) is 0 Å². The van der Waals surface area contributed by atoms with Crippen LogP contribution in [-0.4, -0.2) is 25.8 Å². The zero-order chi connectivity index (χ0) is 15.5. The van der Waals surface area contributed by atoms with Crippen LogP contribution in [0.5, 0.6) is 23.1 Å². The molecule has 116 valence electrons. The van der Waals surface area contributed by atoms with Crippen LogP contribution in [0.25, 0.3) is 0 Å². The fourth-order valence-corrected chi connectivity index (χ4v) is 2.33. The van der Waals surface area contributed by atoms with Gasteiger partial charge in [-0.05, 0) is 23.8 Å². The summed E-state index contributed by atoms with van der Waals surface area (Å²) >= 11 is 0. The van der Waals surface area contributed by atoms with Crippen LogP contribution < -0.4 is 24.7 Å². The van der Waals surface area contributed by atoms with Gasteiger partial charge in [0.15, 0.2) is 17.6 Å². The van der Waals surface area contributed by atoms with Gasteiger partial charge in [-0.3, -0.25) is 0 Å². The summed E-state index contributed by atoms with van der Waals surface area (Å²) in [7, 11) is 3.18. The van der Waals surface area contributed by atoms with Crippen LogP contribution in [0.4, 0.5) is 0 Å². The second-order valence-electron chi connectivity index (χ2n) is 4.88. The van der Waals surface area contributed by atoms with Crippen molar-refractivity contribution in [3.05, 3.63) is 41.6 Å². The predicted octanol–water partition coefficient (Wildman–Crippen LogP) is 2.07. The number of rotatable bonds is 4. The molecule has 0 aliphatic carbocycles. The fraction of sp³-hybridized carbons (Fsp3) is 0.312. The predicted molar refractivity (Wildman–Crippen MR) is 80.5 cm³/mol. The van der Waals surface area contributed by atoms with E-state index in [4.69, 9.17) is 24.7 Å². The number of fused-ring (bicyclic) bond motifs is 1. The Labute approximate surface area is 128 Å². The molecule has 0 amide bonds. The maximum absolute atomic E-state index is 6.04. The van der Waals surface area contributed by atoms with Crippen LogP contribution in [-0.2, 0) is 6.54 Å². The Morgan fingerprint density at radius 3 is 2.77 bits per heavy atom. The zero-order valence-electron chi connectivity index (χ0n) is 12.5. The number of benzene rings is 1. The number of methoxy groups -OCH3 is 2. The average Bonchev–Trinajstić information content (AvgIpc) is 2.60. The van der Waals surface area contributed by atoms with E-state index >= 15 is 0 Å². The molecule has 2 heterocycles. The van der Waals surface area contributed by atoms with E-state index < -0.39 is 0 Å². The zero-order valence-corrected chi connectivity index (χ0v) is 12.5. The maximum atomic E-state index is 6.04. The molecule has 1 aromatic carbocycles. The normalized spacial score (nSPS) is 16.2. The Hall–Kier alpha value is -2.47. The number of aromatic nitrogens is 1. The Kier molecular flexibility index (Phi) is 4.02. The van der Waals surface area contributed by atoms with E-state index in [0.29, 0.717) is 36.3 Å². The SMILES string of the molecule is COc1ccc(C2COc3cc(CN)cc(OC)c3O2)cn1. The molecule has 6 heteroatoms. The van der Waals surface area contributed by atoms with Crippen LogP contribution >= 0.6 is 0 Å². The van der Waals surface area contributed by atoms with E-state index in [1.165, 1.54) is 0 Å². The van der Waals surface area contributed by atoms with Crippen LogP contribution in [0.1, 0.15) is 17.2 Å². The van der Waals surface area contributed by atoms with Crippen molar-refractivity contribution in [2.24, 2.45) is 5.73 Å². The van der Waals surface area contributed by atoms with Gasteiger partial charge in [0.05, 0.1) is 14.2 Å². The third kappa shape index (κ3) is 2.65. The largest absolute Gasteiger partial charge is 0.493 e. The summed E-state index contributed by atoms with van der Waals surface area (Å²) in [5.41, 5.74) is 7.53. The van der Waals surface area contributed by atoms with Gasteiger partial charge in [-0.1, -0.05) is 0 Å². The first kappa shape index (κ1) is 14.5. The summed E-state index contributed by atoms with van der Waals surface area (Å²) in [6.07, 6.45) is 1.47. The molecule has 0 radical (unpaired) electrons. The highest BCUT2D eigenvalue weighted by Crippen LogP contribution is 2.44. The highest BCUT2D eigenvalue weighted by molar-refractivity contribution is 5.55. The van der Waals surface area contributed by atoms with Gasteiger partial charge in [-0.15, -0.1) is 0 Å². The lowest BCUT2D eigenvalue weighted by Gasteiger charge is -2.28. The Balaban J connectivity index is 1.89. The Morgan fingerprint density at radius 2 is 2.14 bits per heavy atom. The van der Waals surface area contributed by atoms with E-state index in [1.807, 2.05) is 18.2 Å². The van der Waals surface area contributed by atoms with Crippen molar-refractivity contribution in [1.29, 1.82) is 0 Å². The number of hydrogen-bond acceptors (Lipinski definition) is 6. The topological polar surface area (TPSA) is 75.8 Å². The van der Waals surface area contributed by atoms with Gasteiger partial charge in [0.1, 0.15) is 6.61 Å². The third-order valence-electron chi connectivity index (χ3n) is 3.53. The first-order chi connectivity index (χ1) is 10.7. The minimum atomic E-state index is -0.247. The Morgan fingerprint density at radius 1 is 1.27 bits per heavy atom. The highest BCUT2D eigenvalue weighted by atomic mass is 16.6. The molecule has 1 aliphatic rings. The number of nitrogens with zero attached hydrogens (tertiary/aromatic N) is 1. The van der Waals surface area contributed by atoms with Gasteiger partial charge in [0.25, 0.3) is 0 Å². The fourth-order valence-electron chi connectivity index (χ4n) is 2.33. The molecule has 2 aromatic rings. The quantitative estimate of drug-likeness (QED) is 0.932. The first-order valence-electron chi connectivity index (χ1n) is 6.95. The van der Waals surface area contributed by atoms with Gasteiger partial charge in [0.2, 0.25) is 11.6 Å². The van der Waals surface area contributed by atoms with Crippen molar-refractivity contribution in [2.75, 3.05) is 20.8 Å². The second kappa shape index (κ2) is 6.11. The monoisotopic (exact) mass is 302 g/mol. The molecule has 1 aromatic heterocycles. The minimum absolute atomic E-state index is 0.247. The minimum Gasteiger partial charge on any atom is -0.493 e. The van der Waals surface area contributed by atoms with Gasteiger partial charge in [0, 0.05) is 24.4 Å². The number of hydrogen-bond donors (Lipinski definition) is 1. The van der Waals surface area contributed by atoms with E-state index in [-0.39, 0.29) is 6.10 Å². The highest BCUT2D eigenvalue weighted by Gasteiger charge is 2.26. The third-order valence-corrected chi connectivity index (χ3v) is 3.53. The molecule has 0 spiro atoms. The molecule has 1 aliphatic heterocycles. The van der Waals surface area contributed by atoms with Crippen molar-refractivity contribution < 1.29 is 18.9 Å². The van der Waals surface area contributed by atoms with Gasteiger partial charge < -0.3 is 24.7 Å². The lowest BCUT2D eigenvalue weighted by Crippen LogP contribution is -2.22. The van der Waals surface area contributed by atoms with Crippen molar-refractivity contribution in [1.82, 2.24) is 4.98 Å². The molecular weight excluding hydrogens is 284 g/mol. The lowest BCUT2D eigenvalue weighted by molar-refractivity contribution is 0.0867. The van der Waals surface area contributed by atoms with Gasteiger partial charge in [-0.25, -0.2) is 4.98 Å². The summed E-state index contributed by atoms with van der Waals surface area (Å²) in [5.74, 6) is 2.42. The lowest BCUT2D eigenvalue weighted by atomic mass is 10.1. The van der Waals surface area contributed by atoms with Gasteiger partial charge >= 0.3 is 0 Å². The maximum Gasteiger partial charge on any atom is 0.212 e. The first-order valence-corrected chi connectivity index (χ1v) is 6.95.